The predicted octanol–water partition coefficient (Wildman–Crippen LogP) is 9.17. The summed E-state index contributed by atoms with van der Waals surface area (Å²) in [6, 6.07) is 17.3. The maximum atomic E-state index is 5.05. The van der Waals surface area contributed by atoms with Crippen LogP contribution in [0, 0.1) is 0 Å². The highest BCUT2D eigenvalue weighted by Crippen LogP contribution is 2.32. The van der Waals surface area contributed by atoms with Crippen LogP contribution >= 0.6 is 11.8 Å². The number of unbranched alkanes of at least 4 members (excludes halogenated alkanes) is 3. The standard InChI is InChI=1S/C29H43N3S/c1-6-8-11-14-23(3)24-17-18-27-26(22-24)31-28(30-25-15-12-10-13-16-25)32(27)20-21-33-29(4,5)19-9-7-2/h10,12-13,15-18,22-23H,6-9,11,14,19-21H2,1-5H3,(H,30,31). The molecule has 2 aromatic carbocycles. The number of hydrogen-bond donors (Lipinski definition) is 1. The minimum Gasteiger partial charge on any atom is -0.326 e. The molecule has 0 aliphatic carbocycles. The van der Waals surface area contributed by atoms with Gasteiger partial charge in [-0.05, 0) is 48.6 Å². The minimum absolute atomic E-state index is 0.320. The zero-order chi connectivity index (χ0) is 23.7. The molecule has 0 spiro atoms. The van der Waals surface area contributed by atoms with E-state index in [2.05, 4.69) is 105 Å². The van der Waals surface area contributed by atoms with Crippen LogP contribution in [-0.4, -0.2) is 20.1 Å². The second-order valence-electron chi connectivity index (χ2n) is 9.93. The van der Waals surface area contributed by atoms with Gasteiger partial charge in [-0.25, -0.2) is 4.98 Å². The van der Waals surface area contributed by atoms with Crippen LogP contribution in [0.3, 0.4) is 0 Å². The van der Waals surface area contributed by atoms with Crippen LogP contribution in [0.4, 0.5) is 11.6 Å². The third kappa shape index (κ3) is 7.53. The molecule has 0 saturated carbocycles. The number of fused-ring (bicyclic) bond motifs is 1. The average molecular weight is 466 g/mol. The Balaban J connectivity index is 1.82. The van der Waals surface area contributed by atoms with Crippen LogP contribution in [0.1, 0.15) is 91.0 Å². The first-order valence-electron chi connectivity index (χ1n) is 12.9. The van der Waals surface area contributed by atoms with Gasteiger partial charge in [0.05, 0.1) is 11.0 Å². The van der Waals surface area contributed by atoms with Crippen LogP contribution in [0.25, 0.3) is 11.0 Å². The van der Waals surface area contributed by atoms with Crippen molar-refractivity contribution in [3.63, 3.8) is 0 Å². The van der Waals surface area contributed by atoms with E-state index in [4.69, 9.17) is 4.98 Å². The molecule has 1 heterocycles. The first-order chi connectivity index (χ1) is 15.9. The molecule has 3 nitrogen and oxygen atoms in total. The van der Waals surface area contributed by atoms with Gasteiger partial charge < -0.3 is 9.88 Å². The van der Waals surface area contributed by atoms with E-state index in [1.54, 1.807) is 0 Å². The summed E-state index contributed by atoms with van der Waals surface area (Å²) < 4.78 is 2.69. The number of nitrogens with one attached hydrogen (secondary N) is 1. The third-order valence-electron chi connectivity index (χ3n) is 6.55. The van der Waals surface area contributed by atoms with Gasteiger partial charge in [0.1, 0.15) is 0 Å². The fraction of sp³-hybridized carbons (Fsp3) is 0.552. The van der Waals surface area contributed by atoms with Gasteiger partial charge in [-0.3, -0.25) is 0 Å². The summed E-state index contributed by atoms with van der Waals surface area (Å²) in [4.78, 5) is 5.05. The number of anilines is 2. The van der Waals surface area contributed by atoms with Crippen molar-refractivity contribution in [1.82, 2.24) is 9.55 Å². The Morgan fingerprint density at radius 2 is 1.76 bits per heavy atom. The van der Waals surface area contributed by atoms with Gasteiger partial charge in [0.25, 0.3) is 0 Å². The largest absolute Gasteiger partial charge is 0.326 e. The molecule has 0 aliphatic rings. The molecule has 1 unspecified atom stereocenters. The van der Waals surface area contributed by atoms with Gasteiger partial charge in [0.2, 0.25) is 5.95 Å². The molecule has 1 N–H and O–H groups in total. The summed E-state index contributed by atoms with van der Waals surface area (Å²) in [5, 5.41) is 3.58. The van der Waals surface area contributed by atoms with Gasteiger partial charge >= 0.3 is 0 Å². The molecule has 3 aromatic rings. The quantitative estimate of drug-likeness (QED) is 0.241. The van der Waals surface area contributed by atoms with E-state index in [0.29, 0.717) is 10.7 Å². The minimum atomic E-state index is 0.320. The fourth-order valence-electron chi connectivity index (χ4n) is 4.38. The second-order valence-corrected chi connectivity index (χ2v) is 11.7. The Bertz CT molecular complexity index is 977. The molecule has 0 fully saturated rings. The summed E-state index contributed by atoms with van der Waals surface area (Å²) in [5.41, 5.74) is 4.82. The normalized spacial score (nSPS) is 12.9. The molecule has 0 saturated heterocycles. The highest BCUT2D eigenvalue weighted by atomic mass is 32.2. The smallest absolute Gasteiger partial charge is 0.208 e. The van der Waals surface area contributed by atoms with Crippen molar-refractivity contribution in [2.24, 2.45) is 0 Å². The lowest BCUT2D eigenvalue weighted by atomic mass is 9.95. The van der Waals surface area contributed by atoms with Crippen LogP contribution in [0.2, 0.25) is 0 Å². The Morgan fingerprint density at radius 1 is 1.00 bits per heavy atom. The van der Waals surface area contributed by atoms with Gasteiger partial charge in [0.15, 0.2) is 0 Å². The first kappa shape index (κ1) is 25.7. The molecule has 1 atom stereocenters. The lowest BCUT2D eigenvalue weighted by Crippen LogP contribution is -2.17. The number of hydrogen-bond acceptors (Lipinski definition) is 3. The molecule has 33 heavy (non-hydrogen) atoms. The highest BCUT2D eigenvalue weighted by Gasteiger charge is 2.19. The van der Waals surface area contributed by atoms with E-state index in [0.717, 1.165) is 29.5 Å². The van der Waals surface area contributed by atoms with Crippen LogP contribution in [0.15, 0.2) is 48.5 Å². The van der Waals surface area contributed by atoms with E-state index in [1.165, 1.54) is 56.0 Å². The third-order valence-corrected chi connectivity index (χ3v) is 7.92. The Kier molecular flexibility index (Phi) is 9.73. The van der Waals surface area contributed by atoms with Gasteiger partial charge in [-0.1, -0.05) is 91.0 Å². The lowest BCUT2D eigenvalue weighted by Gasteiger charge is -2.24. The zero-order valence-corrected chi connectivity index (χ0v) is 22.2. The van der Waals surface area contributed by atoms with Crippen LogP contribution in [0.5, 0.6) is 0 Å². The predicted molar refractivity (Wildman–Crippen MR) is 148 cm³/mol. The van der Waals surface area contributed by atoms with E-state index < -0.39 is 0 Å². The molecular weight excluding hydrogens is 422 g/mol. The molecule has 0 bridgehead atoms. The molecule has 3 rings (SSSR count). The summed E-state index contributed by atoms with van der Waals surface area (Å²) >= 11 is 2.08. The first-order valence-corrected chi connectivity index (χ1v) is 13.9. The van der Waals surface area contributed by atoms with Crippen molar-refractivity contribution in [1.29, 1.82) is 0 Å². The number of thioether (sulfide) groups is 1. The van der Waals surface area contributed by atoms with Crippen molar-refractivity contribution in [2.45, 2.75) is 96.8 Å². The average Bonchev–Trinajstić information content (AvgIpc) is 3.14. The number of aromatic nitrogens is 2. The van der Waals surface area contributed by atoms with E-state index in [9.17, 15) is 0 Å². The lowest BCUT2D eigenvalue weighted by molar-refractivity contribution is 0.592. The molecule has 0 aliphatic heterocycles. The monoisotopic (exact) mass is 465 g/mol. The Hall–Kier alpha value is -1.94. The fourth-order valence-corrected chi connectivity index (χ4v) is 5.50. The molecule has 1 aromatic heterocycles. The molecule has 0 amide bonds. The Morgan fingerprint density at radius 3 is 2.48 bits per heavy atom. The van der Waals surface area contributed by atoms with Crippen molar-refractivity contribution < 1.29 is 0 Å². The van der Waals surface area contributed by atoms with Crippen molar-refractivity contribution >= 4 is 34.4 Å². The maximum absolute atomic E-state index is 5.05. The second kappa shape index (κ2) is 12.5. The topological polar surface area (TPSA) is 29.9 Å². The van der Waals surface area contributed by atoms with Gasteiger partial charge in [-0.2, -0.15) is 11.8 Å². The zero-order valence-electron chi connectivity index (χ0n) is 21.4. The summed E-state index contributed by atoms with van der Waals surface area (Å²) in [6.45, 7) is 12.6. The van der Waals surface area contributed by atoms with Gasteiger partial charge in [-0.15, -0.1) is 0 Å². The number of benzene rings is 2. The highest BCUT2D eigenvalue weighted by molar-refractivity contribution is 8.00. The Labute approximate surface area is 205 Å². The van der Waals surface area contributed by atoms with Crippen molar-refractivity contribution in [2.75, 3.05) is 11.1 Å². The number of nitrogens with zero attached hydrogens (tertiary/aromatic N) is 2. The molecular formula is C29H43N3S. The van der Waals surface area contributed by atoms with E-state index in [-0.39, 0.29) is 0 Å². The number of para-hydroxylation sites is 1. The molecule has 180 valence electrons. The number of rotatable bonds is 14. The van der Waals surface area contributed by atoms with Gasteiger partial charge in [0, 0.05) is 22.7 Å². The van der Waals surface area contributed by atoms with E-state index in [1.807, 2.05) is 0 Å². The van der Waals surface area contributed by atoms with E-state index >= 15 is 0 Å². The van der Waals surface area contributed by atoms with Crippen molar-refractivity contribution in [3.8, 4) is 0 Å². The SMILES string of the molecule is CCCCCC(C)c1ccc2c(c1)nc(Nc1ccccc1)n2CCSC(C)(C)CCCC. The molecule has 0 radical (unpaired) electrons. The summed E-state index contributed by atoms with van der Waals surface area (Å²) in [7, 11) is 0. The summed E-state index contributed by atoms with van der Waals surface area (Å²) in [5.74, 6) is 2.60. The maximum Gasteiger partial charge on any atom is 0.208 e. The number of aryl methyl sites for hydroxylation is 1. The number of imidazole rings is 1. The molecule has 4 heteroatoms. The van der Waals surface area contributed by atoms with Crippen LogP contribution < -0.4 is 5.32 Å². The summed E-state index contributed by atoms with van der Waals surface area (Å²) in [6.07, 6.45) is 8.98. The van der Waals surface area contributed by atoms with Crippen LogP contribution in [-0.2, 0) is 6.54 Å². The van der Waals surface area contributed by atoms with Crippen molar-refractivity contribution in [3.05, 3.63) is 54.1 Å².